The molecule has 1 aromatic heterocycles. The van der Waals surface area contributed by atoms with Crippen molar-refractivity contribution in [2.75, 3.05) is 5.73 Å². The molecule has 2 rings (SSSR count). The molecule has 0 aliphatic heterocycles. The van der Waals surface area contributed by atoms with Crippen molar-refractivity contribution in [2.45, 2.75) is 56.5 Å². The van der Waals surface area contributed by atoms with Crippen molar-refractivity contribution in [3.05, 3.63) is 16.0 Å². The van der Waals surface area contributed by atoms with Gasteiger partial charge in [0.25, 0.3) is 0 Å². The summed E-state index contributed by atoms with van der Waals surface area (Å²) in [6.07, 6.45) is 5.43. The Hall–Kier alpha value is -0.290. The maximum Gasteiger partial charge on any atom is 0.141 e. The molecule has 1 fully saturated rings. The number of nitrogen functional groups attached to an aromatic ring is 1. The van der Waals surface area contributed by atoms with Gasteiger partial charge < -0.3 is 5.73 Å². The summed E-state index contributed by atoms with van der Waals surface area (Å²) < 4.78 is 0.854. The molecule has 0 spiro atoms. The lowest BCUT2D eigenvalue weighted by Gasteiger charge is -2.12. The zero-order chi connectivity index (χ0) is 13.1. The fourth-order valence-electron chi connectivity index (χ4n) is 2.23. The third-order valence-corrected chi connectivity index (χ3v) is 5.43. The van der Waals surface area contributed by atoms with Crippen LogP contribution in [-0.4, -0.2) is 15.2 Å². The van der Waals surface area contributed by atoms with Crippen molar-refractivity contribution in [1.82, 2.24) is 9.97 Å². The lowest BCUT2D eigenvalue weighted by molar-refractivity contribution is 0.793. The van der Waals surface area contributed by atoms with Crippen LogP contribution in [0, 0.1) is 0 Å². The maximum absolute atomic E-state index is 5.94. The third kappa shape index (κ3) is 3.38. The Morgan fingerprint density at radius 1 is 1.33 bits per heavy atom. The molecule has 5 heteroatoms. The Labute approximate surface area is 121 Å². The Morgan fingerprint density at radius 2 is 2.00 bits per heavy atom. The lowest BCUT2D eigenvalue weighted by Crippen LogP contribution is -2.07. The van der Waals surface area contributed by atoms with Crippen molar-refractivity contribution >= 4 is 33.5 Å². The second-order valence-electron chi connectivity index (χ2n) is 5.10. The van der Waals surface area contributed by atoms with Crippen LogP contribution in [0.25, 0.3) is 0 Å². The van der Waals surface area contributed by atoms with Crippen molar-refractivity contribution in [2.24, 2.45) is 0 Å². The fraction of sp³-hybridized carbons (Fsp3) is 0.692. The number of rotatable bonds is 4. The SMILES string of the molecule is CC(C)c1nc(CSC2CCCC2)nc(N)c1Br. The highest BCUT2D eigenvalue weighted by atomic mass is 79.9. The molecule has 3 nitrogen and oxygen atoms in total. The van der Waals surface area contributed by atoms with Crippen molar-refractivity contribution in [3.8, 4) is 0 Å². The molecule has 0 amide bonds. The molecule has 0 aromatic carbocycles. The molecule has 100 valence electrons. The number of hydrogen-bond acceptors (Lipinski definition) is 4. The summed E-state index contributed by atoms with van der Waals surface area (Å²) in [4.78, 5) is 9.01. The normalized spacial score (nSPS) is 16.7. The Bertz CT molecular complexity index is 417. The first-order valence-corrected chi connectivity index (χ1v) is 8.35. The van der Waals surface area contributed by atoms with E-state index < -0.39 is 0 Å². The first-order chi connectivity index (χ1) is 8.58. The number of nitrogens with zero attached hydrogens (tertiary/aromatic N) is 2. The van der Waals surface area contributed by atoms with E-state index in [4.69, 9.17) is 5.73 Å². The van der Waals surface area contributed by atoms with Gasteiger partial charge in [0.05, 0.1) is 15.9 Å². The van der Waals surface area contributed by atoms with Gasteiger partial charge in [0, 0.05) is 5.25 Å². The topological polar surface area (TPSA) is 51.8 Å². The molecule has 0 saturated heterocycles. The van der Waals surface area contributed by atoms with Crippen LogP contribution in [-0.2, 0) is 5.75 Å². The number of thioether (sulfide) groups is 1. The van der Waals surface area contributed by atoms with E-state index in [1.54, 1.807) is 0 Å². The number of anilines is 1. The quantitative estimate of drug-likeness (QED) is 0.902. The van der Waals surface area contributed by atoms with Gasteiger partial charge in [0.1, 0.15) is 11.6 Å². The van der Waals surface area contributed by atoms with Crippen molar-refractivity contribution in [3.63, 3.8) is 0 Å². The minimum absolute atomic E-state index is 0.361. The van der Waals surface area contributed by atoms with Crippen LogP contribution < -0.4 is 5.73 Å². The van der Waals surface area contributed by atoms with Crippen LogP contribution in [0.5, 0.6) is 0 Å². The second kappa shape index (κ2) is 6.24. The van der Waals surface area contributed by atoms with Gasteiger partial charge in [0.15, 0.2) is 0 Å². The predicted molar refractivity (Wildman–Crippen MR) is 81.8 cm³/mol. The molecule has 1 aliphatic carbocycles. The molecule has 0 unspecified atom stereocenters. The van der Waals surface area contributed by atoms with Crippen molar-refractivity contribution < 1.29 is 0 Å². The molecule has 1 aromatic rings. The van der Waals surface area contributed by atoms with E-state index in [2.05, 4.69) is 39.7 Å². The zero-order valence-corrected chi connectivity index (χ0v) is 13.4. The van der Waals surface area contributed by atoms with Gasteiger partial charge in [-0.2, -0.15) is 11.8 Å². The van der Waals surface area contributed by atoms with E-state index in [0.717, 1.165) is 27.0 Å². The molecule has 1 aliphatic rings. The van der Waals surface area contributed by atoms with E-state index in [-0.39, 0.29) is 0 Å². The average Bonchev–Trinajstić information content (AvgIpc) is 2.83. The average molecular weight is 330 g/mol. The number of aromatic nitrogens is 2. The maximum atomic E-state index is 5.94. The minimum atomic E-state index is 0.361. The highest BCUT2D eigenvalue weighted by Crippen LogP contribution is 2.32. The molecule has 18 heavy (non-hydrogen) atoms. The predicted octanol–water partition coefficient (Wildman–Crippen LogP) is 4.12. The van der Waals surface area contributed by atoms with E-state index in [9.17, 15) is 0 Å². The van der Waals surface area contributed by atoms with E-state index in [0.29, 0.717) is 11.7 Å². The summed E-state index contributed by atoms with van der Waals surface area (Å²) in [5.74, 6) is 2.67. The van der Waals surface area contributed by atoms with Gasteiger partial charge >= 0.3 is 0 Å². The summed E-state index contributed by atoms with van der Waals surface area (Å²) in [5, 5.41) is 0.793. The molecule has 0 radical (unpaired) electrons. The van der Waals surface area contributed by atoms with Gasteiger partial charge in [0.2, 0.25) is 0 Å². The molecule has 2 N–H and O–H groups in total. The summed E-state index contributed by atoms with van der Waals surface area (Å²) in [7, 11) is 0. The molecule has 0 atom stereocenters. The highest BCUT2D eigenvalue weighted by Gasteiger charge is 2.17. The number of nitrogens with two attached hydrogens (primary N) is 1. The highest BCUT2D eigenvalue weighted by molar-refractivity contribution is 9.10. The molecular weight excluding hydrogens is 310 g/mol. The largest absolute Gasteiger partial charge is 0.383 e. The Morgan fingerprint density at radius 3 is 2.61 bits per heavy atom. The number of hydrogen-bond donors (Lipinski definition) is 1. The van der Waals surface area contributed by atoms with Crippen LogP contribution in [0.15, 0.2) is 4.47 Å². The van der Waals surface area contributed by atoms with Gasteiger partial charge in [-0.3, -0.25) is 0 Å². The van der Waals surface area contributed by atoms with Crippen LogP contribution >= 0.6 is 27.7 Å². The second-order valence-corrected chi connectivity index (χ2v) is 7.18. The van der Waals surface area contributed by atoms with E-state index in [1.807, 2.05) is 11.8 Å². The molecule has 1 heterocycles. The molecule has 1 saturated carbocycles. The minimum Gasteiger partial charge on any atom is -0.383 e. The number of halogens is 1. The lowest BCUT2D eigenvalue weighted by atomic mass is 10.1. The zero-order valence-electron chi connectivity index (χ0n) is 10.9. The van der Waals surface area contributed by atoms with Gasteiger partial charge in [-0.1, -0.05) is 26.7 Å². The van der Waals surface area contributed by atoms with Crippen LogP contribution in [0.1, 0.15) is 57.0 Å². The summed E-state index contributed by atoms with van der Waals surface area (Å²) >= 11 is 5.45. The fourth-order valence-corrected chi connectivity index (χ4v) is 4.04. The standard InChI is InChI=1S/C13H20BrN3S/c1-8(2)12-11(14)13(15)17-10(16-12)7-18-9-5-3-4-6-9/h8-9H,3-7H2,1-2H3,(H2,15,16,17). The van der Waals surface area contributed by atoms with Gasteiger partial charge in [-0.15, -0.1) is 0 Å². The van der Waals surface area contributed by atoms with E-state index in [1.165, 1.54) is 25.7 Å². The van der Waals surface area contributed by atoms with Crippen LogP contribution in [0.3, 0.4) is 0 Å². The van der Waals surface area contributed by atoms with Gasteiger partial charge in [-0.25, -0.2) is 9.97 Å². The summed E-state index contributed by atoms with van der Waals surface area (Å²) in [6.45, 7) is 4.25. The first-order valence-electron chi connectivity index (χ1n) is 6.51. The van der Waals surface area contributed by atoms with Crippen molar-refractivity contribution in [1.29, 1.82) is 0 Å². The van der Waals surface area contributed by atoms with E-state index >= 15 is 0 Å². The van der Waals surface area contributed by atoms with Gasteiger partial charge in [-0.05, 0) is 34.7 Å². The van der Waals surface area contributed by atoms with Crippen LogP contribution in [0.4, 0.5) is 5.82 Å². The Balaban J connectivity index is 2.07. The van der Waals surface area contributed by atoms with Crippen LogP contribution in [0.2, 0.25) is 0 Å². The molecule has 0 bridgehead atoms. The monoisotopic (exact) mass is 329 g/mol. The summed E-state index contributed by atoms with van der Waals surface area (Å²) in [6, 6.07) is 0. The Kier molecular flexibility index (Phi) is 4.90. The molecular formula is C13H20BrN3S. The summed E-state index contributed by atoms with van der Waals surface area (Å²) in [5.41, 5.74) is 6.95. The first kappa shape index (κ1) is 14.1. The smallest absolute Gasteiger partial charge is 0.141 e. The third-order valence-electron chi connectivity index (χ3n) is 3.25.